The lowest BCUT2D eigenvalue weighted by molar-refractivity contribution is 0.470. The molecule has 4 heteroatoms. The topological polar surface area (TPSA) is 38.0 Å². The van der Waals surface area contributed by atoms with Crippen LogP contribution in [0, 0.1) is 0 Å². The van der Waals surface area contributed by atoms with Crippen LogP contribution in [0.15, 0.2) is 36.4 Å². The monoisotopic (exact) mass is 294 g/mol. The maximum absolute atomic E-state index is 5.92. The predicted molar refractivity (Wildman–Crippen MR) is 84.9 cm³/mol. The minimum atomic E-state index is 0.0781. The Balaban J connectivity index is 1.92. The van der Waals surface area contributed by atoms with Crippen LogP contribution in [0.4, 0.5) is 5.69 Å². The highest BCUT2D eigenvalue weighted by atomic mass is 35.5. The van der Waals surface area contributed by atoms with Crippen LogP contribution < -0.4 is 11.1 Å². The molecule has 0 fully saturated rings. The van der Waals surface area contributed by atoms with Gasteiger partial charge in [-0.05, 0) is 29.8 Å². The fraction of sp³-hybridized carbons (Fsp3) is 0.333. The first-order chi connectivity index (χ1) is 8.97. The third-order valence-corrected chi connectivity index (χ3v) is 4.42. The minimum absolute atomic E-state index is 0.0781. The highest BCUT2D eigenvalue weighted by Gasteiger charge is 2.19. The minimum Gasteiger partial charge on any atom is -0.399 e. The van der Waals surface area contributed by atoms with Crippen molar-refractivity contribution in [3.63, 3.8) is 0 Å². The van der Waals surface area contributed by atoms with E-state index in [9.17, 15) is 0 Å². The van der Waals surface area contributed by atoms with Gasteiger partial charge in [-0.3, -0.25) is 0 Å². The van der Waals surface area contributed by atoms with Crippen molar-refractivity contribution < 1.29 is 0 Å². The first-order valence-corrected chi connectivity index (χ1v) is 7.48. The average Bonchev–Trinajstić information content (AvgIpc) is 2.75. The second kappa shape index (κ2) is 5.95. The van der Waals surface area contributed by atoms with Gasteiger partial charge in [0, 0.05) is 29.1 Å². The van der Waals surface area contributed by atoms with Crippen molar-refractivity contribution in [3.8, 4) is 0 Å². The van der Waals surface area contributed by atoms with Gasteiger partial charge in [0.1, 0.15) is 0 Å². The van der Waals surface area contributed by atoms with Crippen LogP contribution in [0.25, 0.3) is 0 Å². The molecule has 0 aliphatic heterocycles. The van der Waals surface area contributed by atoms with Gasteiger partial charge in [-0.25, -0.2) is 0 Å². The van der Waals surface area contributed by atoms with Gasteiger partial charge in [-0.15, -0.1) is 11.3 Å². The number of halogens is 1. The van der Waals surface area contributed by atoms with E-state index in [1.54, 1.807) is 11.3 Å². The maximum Gasteiger partial charge on any atom is 0.0931 e. The number of thiophene rings is 1. The van der Waals surface area contributed by atoms with Gasteiger partial charge in [-0.1, -0.05) is 37.6 Å². The molecule has 1 heterocycles. The second-order valence-electron chi connectivity index (χ2n) is 5.32. The summed E-state index contributed by atoms with van der Waals surface area (Å²) < 4.78 is 0.842. The maximum atomic E-state index is 5.92. The Morgan fingerprint density at radius 1 is 1.16 bits per heavy atom. The first-order valence-electron chi connectivity index (χ1n) is 6.28. The van der Waals surface area contributed by atoms with Crippen LogP contribution in [-0.2, 0) is 12.0 Å². The molecule has 0 atom stereocenters. The Morgan fingerprint density at radius 3 is 2.42 bits per heavy atom. The number of nitrogens with one attached hydrogen (secondary N) is 1. The third kappa shape index (κ3) is 3.96. The molecule has 0 aliphatic rings. The normalized spacial score (nSPS) is 11.7. The summed E-state index contributed by atoms with van der Waals surface area (Å²) in [7, 11) is 0. The van der Waals surface area contributed by atoms with Crippen molar-refractivity contribution in [1.82, 2.24) is 5.32 Å². The van der Waals surface area contributed by atoms with Crippen molar-refractivity contribution in [2.75, 3.05) is 12.3 Å². The SMILES string of the molecule is CC(C)(CNCc1ccc(Cl)s1)c1ccc(N)cc1. The number of hydrogen-bond donors (Lipinski definition) is 2. The molecule has 3 N–H and O–H groups in total. The van der Waals surface area contributed by atoms with E-state index in [1.165, 1.54) is 10.4 Å². The fourth-order valence-electron chi connectivity index (χ4n) is 1.98. The Kier molecular flexibility index (Phi) is 4.50. The van der Waals surface area contributed by atoms with Gasteiger partial charge < -0.3 is 11.1 Å². The van der Waals surface area contributed by atoms with E-state index in [0.29, 0.717) is 0 Å². The molecule has 0 saturated heterocycles. The van der Waals surface area contributed by atoms with E-state index in [4.69, 9.17) is 17.3 Å². The molecule has 0 amide bonds. The van der Waals surface area contributed by atoms with E-state index >= 15 is 0 Å². The molecule has 0 spiro atoms. The molecule has 0 radical (unpaired) electrons. The molecule has 0 aliphatic carbocycles. The van der Waals surface area contributed by atoms with Crippen LogP contribution in [-0.4, -0.2) is 6.54 Å². The van der Waals surface area contributed by atoms with E-state index < -0.39 is 0 Å². The summed E-state index contributed by atoms with van der Waals surface area (Å²) in [5.74, 6) is 0. The number of hydrogen-bond acceptors (Lipinski definition) is 3. The summed E-state index contributed by atoms with van der Waals surface area (Å²) in [6.45, 7) is 6.22. The van der Waals surface area contributed by atoms with Gasteiger partial charge in [0.25, 0.3) is 0 Å². The van der Waals surface area contributed by atoms with Crippen molar-refractivity contribution in [3.05, 3.63) is 51.2 Å². The Morgan fingerprint density at radius 2 is 1.84 bits per heavy atom. The molecule has 1 aromatic heterocycles. The summed E-state index contributed by atoms with van der Waals surface area (Å²) in [5, 5.41) is 3.49. The van der Waals surface area contributed by atoms with Gasteiger partial charge in [0.2, 0.25) is 0 Å². The van der Waals surface area contributed by atoms with E-state index in [-0.39, 0.29) is 5.41 Å². The number of rotatable bonds is 5. The standard InChI is InChI=1S/C15H19ClN2S/c1-15(2,11-3-5-12(17)6-4-11)10-18-9-13-7-8-14(16)19-13/h3-8,18H,9-10,17H2,1-2H3. The number of nitrogens with two attached hydrogens (primary N) is 1. The summed E-state index contributed by atoms with van der Waals surface area (Å²) in [4.78, 5) is 1.26. The molecule has 2 nitrogen and oxygen atoms in total. The lowest BCUT2D eigenvalue weighted by Gasteiger charge is -2.25. The summed E-state index contributed by atoms with van der Waals surface area (Å²) >= 11 is 7.54. The Bertz CT molecular complexity index is 531. The van der Waals surface area contributed by atoms with Gasteiger partial charge >= 0.3 is 0 Å². The molecule has 102 valence electrons. The van der Waals surface area contributed by atoms with Crippen LogP contribution in [0.2, 0.25) is 4.34 Å². The van der Waals surface area contributed by atoms with Gasteiger partial charge in [0.15, 0.2) is 0 Å². The van der Waals surface area contributed by atoms with Crippen LogP contribution in [0.3, 0.4) is 0 Å². The molecule has 0 bridgehead atoms. The summed E-state index contributed by atoms with van der Waals surface area (Å²) in [5.41, 5.74) is 7.90. The summed E-state index contributed by atoms with van der Waals surface area (Å²) in [6.07, 6.45) is 0. The zero-order chi connectivity index (χ0) is 13.9. The van der Waals surface area contributed by atoms with E-state index in [2.05, 4.69) is 37.4 Å². The van der Waals surface area contributed by atoms with E-state index in [0.717, 1.165) is 23.1 Å². The van der Waals surface area contributed by atoms with Crippen LogP contribution in [0.1, 0.15) is 24.3 Å². The second-order valence-corrected chi connectivity index (χ2v) is 7.11. The molecule has 2 aromatic rings. The molecule has 0 saturated carbocycles. The zero-order valence-electron chi connectivity index (χ0n) is 11.2. The van der Waals surface area contributed by atoms with Crippen LogP contribution >= 0.6 is 22.9 Å². The summed E-state index contributed by atoms with van der Waals surface area (Å²) in [6, 6.07) is 12.1. The number of nitrogen functional groups attached to an aromatic ring is 1. The average molecular weight is 295 g/mol. The smallest absolute Gasteiger partial charge is 0.0931 e. The van der Waals surface area contributed by atoms with Crippen molar-refractivity contribution in [1.29, 1.82) is 0 Å². The molecule has 1 aromatic carbocycles. The molecule has 19 heavy (non-hydrogen) atoms. The zero-order valence-corrected chi connectivity index (χ0v) is 12.8. The van der Waals surface area contributed by atoms with Crippen molar-refractivity contribution in [2.24, 2.45) is 0 Å². The largest absolute Gasteiger partial charge is 0.399 e. The Hall–Kier alpha value is -1.03. The lowest BCUT2D eigenvalue weighted by atomic mass is 9.84. The first kappa shape index (κ1) is 14.4. The fourth-order valence-corrected chi connectivity index (χ4v) is 3.04. The molecule has 2 rings (SSSR count). The van der Waals surface area contributed by atoms with Gasteiger partial charge in [-0.2, -0.15) is 0 Å². The molecule has 0 unspecified atom stereocenters. The van der Waals surface area contributed by atoms with Crippen LogP contribution in [0.5, 0.6) is 0 Å². The lowest BCUT2D eigenvalue weighted by Crippen LogP contribution is -2.32. The highest BCUT2D eigenvalue weighted by molar-refractivity contribution is 7.16. The number of anilines is 1. The molecular formula is C15H19ClN2S. The Labute approximate surface area is 123 Å². The predicted octanol–water partition coefficient (Wildman–Crippen LogP) is 4.05. The van der Waals surface area contributed by atoms with Gasteiger partial charge in [0.05, 0.1) is 4.34 Å². The molecular weight excluding hydrogens is 276 g/mol. The van der Waals surface area contributed by atoms with Crippen molar-refractivity contribution >= 4 is 28.6 Å². The van der Waals surface area contributed by atoms with E-state index in [1.807, 2.05) is 18.2 Å². The van der Waals surface area contributed by atoms with Crippen molar-refractivity contribution in [2.45, 2.75) is 25.8 Å². The third-order valence-electron chi connectivity index (χ3n) is 3.19. The quantitative estimate of drug-likeness (QED) is 0.817. The number of benzene rings is 1. The highest BCUT2D eigenvalue weighted by Crippen LogP contribution is 2.24.